The quantitative estimate of drug-likeness (QED) is 0.425. The van der Waals surface area contributed by atoms with E-state index in [1.54, 1.807) is 0 Å². The molecule has 3 saturated heterocycles. The minimum Gasteiger partial charge on any atom is -0.303 e. The Bertz CT molecular complexity index is 425. The highest BCUT2D eigenvalue weighted by Crippen LogP contribution is 2.29. The van der Waals surface area contributed by atoms with E-state index in [2.05, 4.69) is 91.2 Å². The molecule has 0 spiro atoms. The van der Waals surface area contributed by atoms with Crippen LogP contribution in [0.4, 0.5) is 0 Å². The molecule has 0 N–H and O–H groups in total. The molecule has 3 fully saturated rings. The zero-order chi connectivity index (χ0) is 24.7. The van der Waals surface area contributed by atoms with Gasteiger partial charge in [-0.15, -0.1) is 0 Å². The molecular formula is C29H63N3. The van der Waals surface area contributed by atoms with E-state index in [0.29, 0.717) is 0 Å². The van der Waals surface area contributed by atoms with Gasteiger partial charge in [-0.25, -0.2) is 0 Å². The van der Waals surface area contributed by atoms with Crippen molar-refractivity contribution in [2.24, 2.45) is 11.8 Å². The summed E-state index contributed by atoms with van der Waals surface area (Å²) >= 11 is 0. The third kappa shape index (κ3) is 11.8. The van der Waals surface area contributed by atoms with Gasteiger partial charge >= 0.3 is 0 Å². The van der Waals surface area contributed by atoms with Gasteiger partial charge in [-0.3, -0.25) is 0 Å². The average Bonchev–Trinajstić information content (AvgIpc) is 3.42. The first-order chi connectivity index (χ1) is 15.2. The first-order valence-electron chi connectivity index (χ1n) is 14.3. The molecule has 194 valence electrons. The maximum atomic E-state index is 2.52. The molecule has 0 amide bonds. The SMILES string of the molecule is CCCCC.CC[C@@H]1CCCN1C.CC[C@@H]1C[C@H](C)C(C)N1C.CC[C@@H]1C[C@H](C)CN1C. The number of nitrogens with zero attached hydrogens (tertiary/aromatic N) is 3. The van der Waals surface area contributed by atoms with Gasteiger partial charge in [-0.2, -0.15) is 0 Å². The normalized spacial score (nSPS) is 33.1. The molecule has 0 aromatic heterocycles. The molecule has 0 bridgehead atoms. The molecule has 3 heterocycles. The van der Waals surface area contributed by atoms with Crippen molar-refractivity contribution < 1.29 is 0 Å². The highest BCUT2D eigenvalue weighted by molar-refractivity contribution is 4.86. The van der Waals surface area contributed by atoms with Crippen molar-refractivity contribution in [1.82, 2.24) is 14.7 Å². The van der Waals surface area contributed by atoms with Crippen LogP contribution < -0.4 is 0 Å². The van der Waals surface area contributed by atoms with Crippen LogP contribution in [-0.4, -0.2) is 73.1 Å². The summed E-state index contributed by atoms with van der Waals surface area (Å²) in [6.45, 7) is 20.9. The summed E-state index contributed by atoms with van der Waals surface area (Å²) in [5.74, 6) is 1.83. The Morgan fingerprint density at radius 3 is 1.44 bits per heavy atom. The number of unbranched alkanes of at least 4 members (excludes halogenated alkanes) is 2. The number of likely N-dealkylation sites (tertiary alicyclic amines) is 3. The molecule has 0 aliphatic carbocycles. The summed E-state index contributed by atoms with van der Waals surface area (Å²) < 4.78 is 0. The zero-order valence-electron chi connectivity index (χ0n) is 24.3. The predicted octanol–water partition coefficient (Wildman–Crippen LogP) is 7.55. The van der Waals surface area contributed by atoms with Crippen LogP contribution in [0, 0.1) is 11.8 Å². The summed E-state index contributed by atoms with van der Waals surface area (Å²) in [6.07, 6.45) is 13.7. The molecule has 3 aliphatic heterocycles. The second-order valence-electron chi connectivity index (χ2n) is 11.1. The van der Waals surface area contributed by atoms with Gasteiger partial charge in [0, 0.05) is 30.7 Å². The lowest BCUT2D eigenvalue weighted by Gasteiger charge is -2.22. The molecule has 3 rings (SSSR count). The largest absolute Gasteiger partial charge is 0.303 e. The average molecular weight is 454 g/mol. The van der Waals surface area contributed by atoms with Gasteiger partial charge in [0.2, 0.25) is 0 Å². The maximum absolute atomic E-state index is 2.52. The van der Waals surface area contributed by atoms with E-state index in [0.717, 1.165) is 36.0 Å². The standard InChI is InChI=1S/C9H19N.C8H17N.C7H15N.C5H12/c1-5-9-6-7(2)8(3)10(9)4;1-4-8-5-7(2)6-9(8)3;1-3-7-5-4-6-8(7)2;1-3-5-4-2/h7-9H,5-6H2,1-4H3;7-8H,4-6H2,1-3H3;7H,3-6H2,1-2H3;3-5H2,1-2H3/t7-,8?,9+;7-,8+;7-;/m001./s1. The van der Waals surface area contributed by atoms with Crippen molar-refractivity contribution in [2.45, 2.75) is 144 Å². The molecule has 32 heavy (non-hydrogen) atoms. The fourth-order valence-electron chi connectivity index (χ4n) is 5.67. The van der Waals surface area contributed by atoms with Crippen LogP contribution in [0.5, 0.6) is 0 Å². The molecule has 6 atom stereocenters. The maximum Gasteiger partial charge on any atom is 0.00956 e. The van der Waals surface area contributed by atoms with Crippen molar-refractivity contribution in [3.05, 3.63) is 0 Å². The van der Waals surface area contributed by atoms with E-state index in [1.165, 1.54) is 77.3 Å². The van der Waals surface area contributed by atoms with Crippen molar-refractivity contribution in [3.8, 4) is 0 Å². The molecule has 3 nitrogen and oxygen atoms in total. The Morgan fingerprint density at radius 1 is 0.688 bits per heavy atom. The van der Waals surface area contributed by atoms with Gasteiger partial charge in [0.1, 0.15) is 0 Å². The van der Waals surface area contributed by atoms with Gasteiger partial charge in [0.15, 0.2) is 0 Å². The number of hydrogen-bond acceptors (Lipinski definition) is 3. The topological polar surface area (TPSA) is 9.72 Å². The van der Waals surface area contributed by atoms with E-state index in [4.69, 9.17) is 0 Å². The fourth-order valence-corrected chi connectivity index (χ4v) is 5.67. The fraction of sp³-hybridized carbons (Fsp3) is 1.00. The van der Waals surface area contributed by atoms with E-state index in [9.17, 15) is 0 Å². The van der Waals surface area contributed by atoms with Gasteiger partial charge in [-0.1, -0.05) is 67.7 Å². The van der Waals surface area contributed by atoms with Crippen LogP contribution in [0.1, 0.15) is 120 Å². The highest BCUT2D eigenvalue weighted by atomic mass is 15.2. The second-order valence-corrected chi connectivity index (χ2v) is 11.1. The minimum atomic E-state index is 0.796. The van der Waals surface area contributed by atoms with Crippen LogP contribution in [-0.2, 0) is 0 Å². The predicted molar refractivity (Wildman–Crippen MR) is 147 cm³/mol. The molecule has 0 aromatic carbocycles. The first kappa shape index (κ1) is 31.9. The van der Waals surface area contributed by atoms with E-state index in [1.807, 2.05) is 0 Å². The highest BCUT2D eigenvalue weighted by Gasteiger charge is 2.31. The van der Waals surface area contributed by atoms with Crippen LogP contribution in [0.3, 0.4) is 0 Å². The summed E-state index contributed by atoms with van der Waals surface area (Å²) in [4.78, 5) is 7.45. The monoisotopic (exact) mass is 454 g/mol. The van der Waals surface area contributed by atoms with Crippen LogP contribution in [0.25, 0.3) is 0 Å². The third-order valence-corrected chi connectivity index (χ3v) is 8.38. The van der Waals surface area contributed by atoms with Crippen LogP contribution >= 0.6 is 0 Å². The van der Waals surface area contributed by atoms with Crippen molar-refractivity contribution in [1.29, 1.82) is 0 Å². The van der Waals surface area contributed by atoms with Gasteiger partial charge < -0.3 is 14.7 Å². The van der Waals surface area contributed by atoms with Crippen molar-refractivity contribution in [2.75, 3.05) is 34.2 Å². The van der Waals surface area contributed by atoms with E-state index in [-0.39, 0.29) is 0 Å². The summed E-state index contributed by atoms with van der Waals surface area (Å²) in [7, 11) is 6.71. The van der Waals surface area contributed by atoms with Gasteiger partial charge in [0.25, 0.3) is 0 Å². The lowest BCUT2D eigenvalue weighted by Crippen LogP contribution is -2.30. The van der Waals surface area contributed by atoms with E-state index >= 15 is 0 Å². The Kier molecular flexibility index (Phi) is 18.2. The Hall–Kier alpha value is -0.120. The van der Waals surface area contributed by atoms with Crippen molar-refractivity contribution >= 4 is 0 Å². The van der Waals surface area contributed by atoms with E-state index < -0.39 is 0 Å². The molecule has 0 aromatic rings. The Morgan fingerprint density at radius 2 is 1.25 bits per heavy atom. The zero-order valence-corrected chi connectivity index (χ0v) is 24.3. The Labute approximate surface area is 204 Å². The molecule has 3 heteroatoms. The van der Waals surface area contributed by atoms with Gasteiger partial charge in [-0.05, 0) is 91.4 Å². The molecule has 3 aliphatic rings. The summed E-state index contributed by atoms with van der Waals surface area (Å²) in [5, 5.41) is 0. The lowest BCUT2D eigenvalue weighted by molar-refractivity contribution is 0.238. The van der Waals surface area contributed by atoms with Crippen LogP contribution in [0.2, 0.25) is 0 Å². The second kappa shape index (κ2) is 18.2. The lowest BCUT2D eigenvalue weighted by atomic mass is 10.0. The first-order valence-corrected chi connectivity index (χ1v) is 14.3. The molecule has 0 radical (unpaired) electrons. The smallest absolute Gasteiger partial charge is 0.00956 e. The minimum absolute atomic E-state index is 0.796. The molecule has 1 unspecified atom stereocenters. The Balaban J connectivity index is 0.000000411. The number of hydrogen-bond donors (Lipinski definition) is 0. The molecule has 0 saturated carbocycles. The summed E-state index contributed by atoms with van der Waals surface area (Å²) in [5.41, 5.74) is 0. The van der Waals surface area contributed by atoms with Gasteiger partial charge in [0.05, 0.1) is 0 Å². The van der Waals surface area contributed by atoms with Crippen molar-refractivity contribution in [3.63, 3.8) is 0 Å². The summed E-state index contributed by atoms with van der Waals surface area (Å²) in [6, 6.07) is 3.42. The third-order valence-electron chi connectivity index (χ3n) is 8.38. The molecular weight excluding hydrogens is 390 g/mol. The van der Waals surface area contributed by atoms with Crippen LogP contribution in [0.15, 0.2) is 0 Å². The number of rotatable bonds is 5.